The van der Waals surface area contributed by atoms with Crippen LogP contribution in [0.5, 0.6) is 0 Å². The largest absolute Gasteiger partial charge is 0.370 e. The van der Waals surface area contributed by atoms with Gasteiger partial charge in [0.1, 0.15) is 18.0 Å². The number of rotatable bonds is 8. The molecule has 2 N–H and O–H groups in total. The first kappa shape index (κ1) is 13.1. The fraction of sp³-hybridized carbons (Fsp3) is 0.636. The Labute approximate surface area is 102 Å². The molecule has 0 amide bonds. The third-order valence-corrected chi connectivity index (χ3v) is 2.75. The van der Waals surface area contributed by atoms with E-state index in [0.717, 1.165) is 37.6 Å². The van der Waals surface area contributed by atoms with Gasteiger partial charge in [-0.1, -0.05) is 6.92 Å². The van der Waals surface area contributed by atoms with Gasteiger partial charge >= 0.3 is 0 Å². The highest BCUT2D eigenvalue weighted by atomic mass is 32.2. The summed E-state index contributed by atoms with van der Waals surface area (Å²) in [6.07, 6.45) is 5.97. The van der Waals surface area contributed by atoms with Gasteiger partial charge in [0.05, 0.1) is 0 Å². The normalized spacial score (nSPS) is 10.1. The van der Waals surface area contributed by atoms with E-state index in [-0.39, 0.29) is 0 Å². The Morgan fingerprint density at radius 3 is 2.50 bits per heavy atom. The highest BCUT2D eigenvalue weighted by molar-refractivity contribution is 7.98. The van der Waals surface area contributed by atoms with E-state index in [1.54, 1.807) is 6.33 Å². The minimum atomic E-state index is 0.893. The number of hydrogen-bond acceptors (Lipinski definition) is 5. The van der Waals surface area contributed by atoms with Crippen LogP contribution in [-0.4, -0.2) is 35.1 Å². The van der Waals surface area contributed by atoms with Gasteiger partial charge in [0, 0.05) is 19.2 Å². The van der Waals surface area contributed by atoms with Gasteiger partial charge < -0.3 is 10.6 Å². The Bertz CT molecular complexity index is 293. The summed E-state index contributed by atoms with van der Waals surface area (Å²) in [7, 11) is 0. The van der Waals surface area contributed by atoms with Crippen LogP contribution in [0.2, 0.25) is 0 Å². The number of aromatic nitrogens is 2. The van der Waals surface area contributed by atoms with Gasteiger partial charge in [-0.05, 0) is 24.9 Å². The monoisotopic (exact) mass is 240 g/mol. The first-order chi connectivity index (χ1) is 7.86. The highest BCUT2D eigenvalue weighted by Gasteiger charge is 1.96. The molecule has 0 aliphatic rings. The molecule has 0 atom stereocenters. The summed E-state index contributed by atoms with van der Waals surface area (Å²) in [4.78, 5) is 8.33. The smallest absolute Gasteiger partial charge is 0.131 e. The quantitative estimate of drug-likeness (QED) is 0.684. The first-order valence-electron chi connectivity index (χ1n) is 5.65. The van der Waals surface area contributed by atoms with Crippen LogP contribution in [0.1, 0.15) is 19.8 Å². The van der Waals surface area contributed by atoms with E-state index in [0.29, 0.717) is 0 Å². The van der Waals surface area contributed by atoms with Crippen molar-refractivity contribution >= 4 is 23.4 Å². The lowest BCUT2D eigenvalue weighted by molar-refractivity contribution is 0.956. The van der Waals surface area contributed by atoms with Crippen molar-refractivity contribution in [2.45, 2.75) is 19.8 Å². The molecule has 0 bridgehead atoms. The van der Waals surface area contributed by atoms with E-state index in [1.807, 2.05) is 17.8 Å². The van der Waals surface area contributed by atoms with Crippen LogP contribution >= 0.6 is 11.8 Å². The summed E-state index contributed by atoms with van der Waals surface area (Å²) < 4.78 is 0. The van der Waals surface area contributed by atoms with E-state index in [9.17, 15) is 0 Å². The maximum absolute atomic E-state index is 4.18. The van der Waals surface area contributed by atoms with Crippen molar-refractivity contribution in [2.24, 2.45) is 0 Å². The lowest BCUT2D eigenvalue weighted by Gasteiger charge is -2.07. The van der Waals surface area contributed by atoms with Crippen molar-refractivity contribution in [3.8, 4) is 0 Å². The van der Waals surface area contributed by atoms with E-state index in [4.69, 9.17) is 0 Å². The van der Waals surface area contributed by atoms with E-state index in [2.05, 4.69) is 33.8 Å². The molecule has 5 heteroatoms. The molecule has 0 aliphatic carbocycles. The van der Waals surface area contributed by atoms with Gasteiger partial charge in [0.2, 0.25) is 0 Å². The third kappa shape index (κ3) is 5.21. The van der Waals surface area contributed by atoms with Crippen molar-refractivity contribution in [1.29, 1.82) is 0 Å². The molecule has 1 aromatic rings. The second-order valence-corrected chi connectivity index (χ2v) is 4.47. The number of anilines is 2. The lowest BCUT2D eigenvalue weighted by atomic mass is 10.4. The topological polar surface area (TPSA) is 49.8 Å². The summed E-state index contributed by atoms with van der Waals surface area (Å²) in [5, 5.41) is 6.53. The fourth-order valence-electron chi connectivity index (χ4n) is 1.24. The van der Waals surface area contributed by atoms with Crippen LogP contribution in [0.25, 0.3) is 0 Å². The molecule has 4 nitrogen and oxygen atoms in total. The Kier molecular flexibility index (Phi) is 6.72. The van der Waals surface area contributed by atoms with Crippen LogP contribution in [0.4, 0.5) is 11.6 Å². The van der Waals surface area contributed by atoms with Crippen LogP contribution in [-0.2, 0) is 0 Å². The van der Waals surface area contributed by atoms with Gasteiger partial charge in [-0.2, -0.15) is 11.8 Å². The van der Waals surface area contributed by atoms with Crippen molar-refractivity contribution in [3.05, 3.63) is 12.4 Å². The van der Waals surface area contributed by atoms with Gasteiger partial charge in [0.25, 0.3) is 0 Å². The Morgan fingerprint density at radius 2 is 1.88 bits per heavy atom. The Morgan fingerprint density at radius 1 is 1.19 bits per heavy atom. The SMILES string of the molecule is CCCNc1cc(NCCCSC)ncn1. The van der Waals surface area contributed by atoms with Crippen LogP contribution < -0.4 is 10.6 Å². The average molecular weight is 240 g/mol. The number of hydrogen-bond donors (Lipinski definition) is 2. The molecule has 1 aromatic heterocycles. The minimum absolute atomic E-state index is 0.893. The molecule has 0 aromatic carbocycles. The molecular weight excluding hydrogens is 220 g/mol. The van der Waals surface area contributed by atoms with Crippen LogP contribution in [0.3, 0.4) is 0 Å². The zero-order valence-electron chi connectivity index (χ0n) is 9.99. The number of nitrogens with zero attached hydrogens (tertiary/aromatic N) is 2. The van der Waals surface area contributed by atoms with Crippen molar-refractivity contribution in [3.63, 3.8) is 0 Å². The Balaban J connectivity index is 2.35. The van der Waals surface area contributed by atoms with Crippen molar-refractivity contribution < 1.29 is 0 Å². The molecule has 1 rings (SSSR count). The van der Waals surface area contributed by atoms with Gasteiger partial charge in [0.15, 0.2) is 0 Å². The lowest BCUT2D eigenvalue weighted by Crippen LogP contribution is -2.07. The summed E-state index contributed by atoms with van der Waals surface area (Å²) in [5.41, 5.74) is 0. The number of nitrogens with one attached hydrogen (secondary N) is 2. The minimum Gasteiger partial charge on any atom is -0.370 e. The van der Waals surface area contributed by atoms with Crippen LogP contribution in [0.15, 0.2) is 12.4 Å². The van der Waals surface area contributed by atoms with Gasteiger partial charge in [-0.25, -0.2) is 9.97 Å². The van der Waals surface area contributed by atoms with E-state index < -0.39 is 0 Å². The van der Waals surface area contributed by atoms with Crippen molar-refractivity contribution in [1.82, 2.24) is 9.97 Å². The van der Waals surface area contributed by atoms with Gasteiger partial charge in [-0.3, -0.25) is 0 Å². The zero-order chi connectivity index (χ0) is 11.6. The van der Waals surface area contributed by atoms with Crippen LogP contribution in [0, 0.1) is 0 Å². The zero-order valence-corrected chi connectivity index (χ0v) is 10.8. The summed E-state index contributed by atoms with van der Waals surface area (Å²) in [6.45, 7) is 4.05. The molecule has 1 heterocycles. The summed E-state index contributed by atoms with van der Waals surface area (Å²) in [5.74, 6) is 2.97. The summed E-state index contributed by atoms with van der Waals surface area (Å²) >= 11 is 1.87. The second-order valence-electron chi connectivity index (χ2n) is 3.49. The fourth-order valence-corrected chi connectivity index (χ4v) is 1.67. The highest BCUT2D eigenvalue weighted by Crippen LogP contribution is 2.08. The second kappa shape index (κ2) is 8.21. The molecule has 16 heavy (non-hydrogen) atoms. The van der Waals surface area contributed by atoms with Crippen molar-refractivity contribution in [2.75, 3.05) is 35.7 Å². The maximum atomic E-state index is 4.18. The first-order valence-corrected chi connectivity index (χ1v) is 7.05. The number of thioether (sulfide) groups is 1. The predicted octanol–water partition coefficient (Wildman–Crippen LogP) is 2.46. The average Bonchev–Trinajstić information content (AvgIpc) is 2.33. The Hall–Kier alpha value is -0.970. The molecule has 0 radical (unpaired) electrons. The standard InChI is InChI=1S/C11H20N4S/c1-3-5-12-10-8-11(15-9-14-10)13-6-4-7-16-2/h8-9H,3-7H2,1-2H3,(H2,12,13,14,15). The molecule has 0 fully saturated rings. The molecule has 90 valence electrons. The molecule has 0 aliphatic heterocycles. The predicted molar refractivity (Wildman–Crippen MR) is 72.3 cm³/mol. The molecule has 0 spiro atoms. The van der Waals surface area contributed by atoms with E-state index >= 15 is 0 Å². The molecule has 0 saturated carbocycles. The van der Waals surface area contributed by atoms with E-state index in [1.165, 1.54) is 5.75 Å². The third-order valence-electron chi connectivity index (χ3n) is 2.05. The summed E-state index contributed by atoms with van der Waals surface area (Å²) in [6, 6.07) is 1.95. The molecular formula is C11H20N4S. The van der Waals surface area contributed by atoms with Gasteiger partial charge in [-0.15, -0.1) is 0 Å². The maximum Gasteiger partial charge on any atom is 0.131 e. The molecule has 0 saturated heterocycles. The molecule has 0 unspecified atom stereocenters.